The van der Waals surface area contributed by atoms with E-state index in [2.05, 4.69) is 0 Å². The second-order valence-electron chi connectivity index (χ2n) is 5.42. The van der Waals surface area contributed by atoms with Crippen LogP contribution in [0.15, 0.2) is 77.4 Å². The van der Waals surface area contributed by atoms with Crippen LogP contribution in [0.5, 0.6) is 5.75 Å². The predicted octanol–water partition coefficient (Wildman–Crippen LogP) is 4.06. The van der Waals surface area contributed by atoms with Crippen molar-refractivity contribution in [2.24, 2.45) is 0 Å². The van der Waals surface area contributed by atoms with Gasteiger partial charge in [0.15, 0.2) is 0 Å². The summed E-state index contributed by atoms with van der Waals surface area (Å²) in [7, 11) is 1.63. The van der Waals surface area contributed by atoms with E-state index in [0.29, 0.717) is 13.0 Å². The summed E-state index contributed by atoms with van der Waals surface area (Å²) in [6.07, 6.45) is 1.94. The van der Waals surface area contributed by atoms with Crippen LogP contribution in [0, 0.1) is 0 Å². The van der Waals surface area contributed by atoms with E-state index in [9.17, 15) is 4.79 Å². The number of anilines is 1. The normalized spacial score (nSPS) is 10.4. The molecule has 0 atom stereocenters. The van der Waals surface area contributed by atoms with E-state index in [-0.39, 0.29) is 5.91 Å². The standard InChI is InChI=1S/C20H19NO3/c1-23-18-11-9-16(10-12-18)14-20(22)21(15-19-8-5-13-24-19)17-6-3-2-4-7-17/h2-13H,14-15H2,1H3. The van der Waals surface area contributed by atoms with E-state index in [1.54, 1.807) is 18.3 Å². The van der Waals surface area contributed by atoms with Gasteiger partial charge in [-0.1, -0.05) is 30.3 Å². The molecule has 0 N–H and O–H groups in total. The molecule has 0 saturated heterocycles. The molecule has 0 bridgehead atoms. The minimum Gasteiger partial charge on any atom is -0.497 e. The monoisotopic (exact) mass is 321 g/mol. The Morgan fingerprint density at radius 1 is 1.00 bits per heavy atom. The third-order valence-corrected chi connectivity index (χ3v) is 3.78. The van der Waals surface area contributed by atoms with Crippen molar-refractivity contribution in [3.8, 4) is 5.75 Å². The first-order valence-electron chi connectivity index (χ1n) is 7.77. The summed E-state index contributed by atoms with van der Waals surface area (Å²) < 4.78 is 10.6. The summed E-state index contributed by atoms with van der Waals surface area (Å²) in [5, 5.41) is 0. The number of amides is 1. The van der Waals surface area contributed by atoms with Crippen LogP contribution in [0.25, 0.3) is 0 Å². The lowest BCUT2D eigenvalue weighted by Crippen LogP contribution is -2.31. The van der Waals surface area contributed by atoms with Gasteiger partial charge in [-0.15, -0.1) is 0 Å². The zero-order chi connectivity index (χ0) is 16.8. The highest BCUT2D eigenvalue weighted by Gasteiger charge is 2.17. The molecule has 0 aliphatic rings. The van der Waals surface area contributed by atoms with Crippen molar-refractivity contribution in [1.29, 1.82) is 0 Å². The quantitative estimate of drug-likeness (QED) is 0.687. The molecule has 0 saturated carbocycles. The van der Waals surface area contributed by atoms with E-state index in [1.807, 2.05) is 66.7 Å². The summed E-state index contributed by atoms with van der Waals surface area (Å²) in [6.45, 7) is 0.409. The summed E-state index contributed by atoms with van der Waals surface area (Å²) in [5.41, 5.74) is 1.80. The number of nitrogens with zero attached hydrogens (tertiary/aromatic N) is 1. The lowest BCUT2D eigenvalue weighted by Gasteiger charge is -2.22. The Hall–Kier alpha value is -3.01. The smallest absolute Gasteiger partial charge is 0.231 e. The van der Waals surface area contributed by atoms with Crippen LogP contribution in [0.1, 0.15) is 11.3 Å². The van der Waals surface area contributed by atoms with Crippen molar-refractivity contribution in [2.45, 2.75) is 13.0 Å². The van der Waals surface area contributed by atoms with Gasteiger partial charge < -0.3 is 14.1 Å². The Balaban J connectivity index is 1.79. The number of para-hydroxylation sites is 1. The van der Waals surface area contributed by atoms with Crippen LogP contribution >= 0.6 is 0 Å². The first-order chi connectivity index (χ1) is 11.8. The lowest BCUT2D eigenvalue weighted by molar-refractivity contribution is -0.118. The number of rotatable bonds is 6. The average molecular weight is 321 g/mol. The predicted molar refractivity (Wildman–Crippen MR) is 93.0 cm³/mol. The number of benzene rings is 2. The van der Waals surface area contributed by atoms with Crippen molar-refractivity contribution in [2.75, 3.05) is 12.0 Å². The first kappa shape index (κ1) is 15.9. The summed E-state index contributed by atoms with van der Waals surface area (Å²) in [4.78, 5) is 14.6. The van der Waals surface area contributed by atoms with E-state index in [1.165, 1.54) is 0 Å². The molecule has 122 valence electrons. The molecule has 0 aliphatic carbocycles. The van der Waals surface area contributed by atoms with E-state index < -0.39 is 0 Å². The largest absolute Gasteiger partial charge is 0.497 e. The van der Waals surface area contributed by atoms with Gasteiger partial charge in [0, 0.05) is 5.69 Å². The van der Waals surface area contributed by atoms with Crippen molar-refractivity contribution >= 4 is 11.6 Å². The SMILES string of the molecule is COc1ccc(CC(=O)N(Cc2ccco2)c2ccccc2)cc1. The fourth-order valence-electron chi connectivity index (χ4n) is 2.50. The van der Waals surface area contributed by atoms with Crippen LogP contribution in [0.3, 0.4) is 0 Å². The third kappa shape index (κ3) is 3.84. The minimum atomic E-state index is 0.0165. The number of hydrogen-bond acceptors (Lipinski definition) is 3. The highest BCUT2D eigenvalue weighted by Crippen LogP contribution is 2.19. The number of methoxy groups -OCH3 is 1. The Morgan fingerprint density at radius 3 is 2.38 bits per heavy atom. The molecule has 3 aromatic rings. The van der Waals surface area contributed by atoms with E-state index in [4.69, 9.17) is 9.15 Å². The van der Waals surface area contributed by atoms with Crippen molar-refractivity contribution in [3.63, 3.8) is 0 Å². The molecule has 0 aliphatic heterocycles. The van der Waals surface area contributed by atoms with E-state index >= 15 is 0 Å². The van der Waals surface area contributed by atoms with Crippen molar-refractivity contribution < 1.29 is 13.9 Å². The van der Waals surface area contributed by atoms with Crippen LogP contribution in [-0.4, -0.2) is 13.0 Å². The molecule has 4 nitrogen and oxygen atoms in total. The van der Waals surface area contributed by atoms with Gasteiger partial charge in [-0.25, -0.2) is 0 Å². The maximum absolute atomic E-state index is 12.8. The number of furan rings is 1. The van der Waals surface area contributed by atoms with Crippen molar-refractivity contribution in [3.05, 3.63) is 84.3 Å². The van der Waals surface area contributed by atoms with Gasteiger partial charge in [0.2, 0.25) is 5.91 Å². The number of carbonyl (C=O) groups is 1. The maximum Gasteiger partial charge on any atom is 0.231 e. The second kappa shape index (κ2) is 7.51. The molecular formula is C20H19NO3. The molecule has 2 aromatic carbocycles. The van der Waals surface area contributed by atoms with Gasteiger partial charge in [0.1, 0.15) is 11.5 Å². The third-order valence-electron chi connectivity index (χ3n) is 3.78. The number of hydrogen-bond donors (Lipinski definition) is 0. The van der Waals surface area contributed by atoms with Gasteiger partial charge in [0.25, 0.3) is 0 Å². The summed E-state index contributed by atoms with van der Waals surface area (Å²) in [6, 6.07) is 20.9. The molecule has 4 heteroatoms. The highest BCUT2D eigenvalue weighted by atomic mass is 16.5. The molecule has 0 spiro atoms. The molecule has 1 aromatic heterocycles. The Kier molecular flexibility index (Phi) is 4.96. The van der Waals surface area contributed by atoms with Gasteiger partial charge >= 0.3 is 0 Å². The fraction of sp³-hybridized carbons (Fsp3) is 0.150. The fourth-order valence-corrected chi connectivity index (χ4v) is 2.50. The molecule has 3 rings (SSSR count). The minimum absolute atomic E-state index is 0.0165. The van der Waals surface area contributed by atoms with Crippen LogP contribution in [0.4, 0.5) is 5.69 Å². The number of ether oxygens (including phenoxy) is 1. The second-order valence-corrected chi connectivity index (χ2v) is 5.42. The Bertz CT molecular complexity index is 764. The van der Waals surface area contributed by atoms with Gasteiger partial charge in [-0.3, -0.25) is 4.79 Å². The van der Waals surface area contributed by atoms with Crippen LogP contribution in [-0.2, 0) is 17.8 Å². The Morgan fingerprint density at radius 2 is 1.75 bits per heavy atom. The van der Waals surface area contributed by atoms with Crippen LogP contribution < -0.4 is 9.64 Å². The van der Waals surface area contributed by atoms with Gasteiger partial charge in [-0.05, 0) is 42.0 Å². The van der Waals surface area contributed by atoms with E-state index in [0.717, 1.165) is 22.8 Å². The lowest BCUT2D eigenvalue weighted by atomic mass is 10.1. The molecule has 24 heavy (non-hydrogen) atoms. The zero-order valence-electron chi connectivity index (χ0n) is 13.5. The summed E-state index contributed by atoms with van der Waals surface area (Å²) >= 11 is 0. The van der Waals surface area contributed by atoms with Gasteiger partial charge in [0.05, 0.1) is 26.3 Å². The average Bonchev–Trinajstić information content (AvgIpc) is 3.14. The number of carbonyl (C=O) groups excluding carboxylic acids is 1. The molecule has 0 fully saturated rings. The first-order valence-corrected chi connectivity index (χ1v) is 7.77. The molecule has 1 heterocycles. The Labute approximate surface area is 141 Å². The zero-order valence-corrected chi connectivity index (χ0v) is 13.5. The molecule has 0 unspecified atom stereocenters. The molecule has 1 amide bonds. The topological polar surface area (TPSA) is 42.7 Å². The highest BCUT2D eigenvalue weighted by molar-refractivity contribution is 5.94. The van der Waals surface area contributed by atoms with Crippen molar-refractivity contribution in [1.82, 2.24) is 0 Å². The summed E-state index contributed by atoms with van der Waals surface area (Å²) in [5.74, 6) is 1.55. The molecular weight excluding hydrogens is 302 g/mol. The van der Waals surface area contributed by atoms with Gasteiger partial charge in [-0.2, -0.15) is 0 Å². The molecule has 0 radical (unpaired) electrons. The maximum atomic E-state index is 12.8. The van der Waals surface area contributed by atoms with Crippen LogP contribution in [0.2, 0.25) is 0 Å².